The standard InChI is InChI=1S/C20H24N4O4S/c25-19(22-14-15-4-2-10-21-13-15)7-3-11-23-29(27,28)17-8-9-18-16(12-17)5-1-6-20(26)24-18/h2,4,8-10,12-13,23H,1,3,5-7,11,14H2,(H,22,25)(H,24,26). The zero-order valence-corrected chi connectivity index (χ0v) is 16.8. The molecule has 1 aliphatic heterocycles. The average molecular weight is 417 g/mol. The fraction of sp³-hybridized carbons (Fsp3) is 0.350. The van der Waals surface area contributed by atoms with Crippen molar-refractivity contribution < 1.29 is 18.0 Å². The normalized spacial score (nSPS) is 13.9. The van der Waals surface area contributed by atoms with E-state index in [-0.39, 0.29) is 29.7 Å². The lowest BCUT2D eigenvalue weighted by Gasteiger charge is -2.11. The molecule has 2 heterocycles. The number of benzene rings is 1. The number of hydrogen-bond donors (Lipinski definition) is 3. The highest BCUT2D eigenvalue weighted by Crippen LogP contribution is 2.25. The number of nitrogens with one attached hydrogen (secondary N) is 3. The monoisotopic (exact) mass is 416 g/mol. The van der Waals surface area contributed by atoms with Crippen LogP contribution in [0.4, 0.5) is 5.69 Å². The Balaban J connectivity index is 1.47. The summed E-state index contributed by atoms with van der Waals surface area (Å²) in [5.74, 6) is -0.201. The molecule has 0 fully saturated rings. The number of carbonyl (C=O) groups is 2. The molecular formula is C20H24N4O4S. The number of hydrogen-bond acceptors (Lipinski definition) is 5. The van der Waals surface area contributed by atoms with Gasteiger partial charge in [0.25, 0.3) is 0 Å². The summed E-state index contributed by atoms with van der Waals surface area (Å²) < 4.78 is 27.6. The zero-order chi connectivity index (χ0) is 20.7. The summed E-state index contributed by atoms with van der Waals surface area (Å²) in [5.41, 5.74) is 2.38. The number of sulfonamides is 1. The van der Waals surface area contributed by atoms with Crippen LogP contribution in [0, 0.1) is 0 Å². The molecule has 0 saturated carbocycles. The van der Waals surface area contributed by atoms with Crippen LogP contribution in [-0.2, 0) is 32.6 Å². The minimum Gasteiger partial charge on any atom is -0.352 e. The zero-order valence-electron chi connectivity index (χ0n) is 16.0. The van der Waals surface area contributed by atoms with Crippen LogP contribution in [0.25, 0.3) is 0 Å². The molecule has 0 bridgehead atoms. The van der Waals surface area contributed by atoms with Crippen LogP contribution in [0.15, 0.2) is 47.6 Å². The maximum atomic E-state index is 12.5. The molecule has 3 rings (SSSR count). The van der Waals surface area contributed by atoms with Gasteiger partial charge in [-0.25, -0.2) is 13.1 Å². The van der Waals surface area contributed by atoms with Crippen molar-refractivity contribution >= 4 is 27.5 Å². The summed E-state index contributed by atoms with van der Waals surface area (Å²) in [6, 6.07) is 8.37. The number of nitrogens with zero attached hydrogens (tertiary/aromatic N) is 1. The van der Waals surface area contributed by atoms with Crippen molar-refractivity contribution in [2.75, 3.05) is 11.9 Å². The lowest BCUT2D eigenvalue weighted by Crippen LogP contribution is -2.27. The number of amides is 2. The van der Waals surface area contributed by atoms with Crippen molar-refractivity contribution in [2.24, 2.45) is 0 Å². The number of aryl methyl sites for hydroxylation is 1. The second kappa shape index (κ2) is 9.62. The predicted molar refractivity (Wildman–Crippen MR) is 109 cm³/mol. The average Bonchev–Trinajstić information content (AvgIpc) is 2.90. The molecule has 0 radical (unpaired) electrons. The van der Waals surface area contributed by atoms with E-state index in [1.54, 1.807) is 30.6 Å². The van der Waals surface area contributed by atoms with Crippen molar-refractivity contribution in [3.8, 4) is 0 Å². The summed E-state index contributed by atoms with van der Waals surface area (Å²) >= 11 is 0. The molecule has 1 aromatic carbocycles. The molecule has 0 spiro atoms. The van der Waals surface area contributed by atoms with E-state index in [0.717, 1.165) is 11.1 Å². The summed E-state index contributed by atoms with van der Waals surface area (Å²) in [7, 11) is -3.68. The van der Waals surface area contributed by atoms with Crippen LogP contribution in [0.3, 0.4) is 0 Å². The molecular weight excluding hydrogens is 392 g/mol. The molecule has 1 aliphatic rings. The number of pyridine rings is 1. The Hall–Kier alpha value is -2.78. The van der Waals surface area contributed by atoms with Crippen LogP contribution < -0.4 is 15.4 Å². The van der Waals surface area contributed by atoms with Gasteiger partial charge in [0, 0.05) is 44.0 Å². The Morgan fingerprint density at radius 1 is 1.21 bits per heavy atom. The molecule has 8 nitrogen and oxygen atoms in total. The number of fused-ring (bicyclic) bond motifs is 1. The second-order valence-electron chi connectivity index (χ2n) is 6.86. The van der Waals surface area contributed by atoms with Gasteiger partial charge in [0.15, 0.2) is 0 Å². The van der Waals surface area contributed by atoms with E-state index in [4.69, 9.17) is 0 Å². The number of anilines is 1. The van der Waals surface area contributed by atoms with Crippen molar-refractivity contribution in [1.82, 2.24) is 15.0 Å². The molecule has 0 saturated heterocycles. The van der Waals surface area contributed by atoms with Crippen molar-refractivity contribution in [1.29, 1.82) is 0 Å². The van der Waals surface area contributed by atoms with Gasteiger partial charge < -0.3 is 10.6 Å². The molecule has 2 aromatic rings. The summed E-state index contributed by atoms with van der Waals surface area (Å²) in [6.07, 6.45) is 5.71. The number of rotatable bonds is 8. The quantitative estimate of drug-likeness (QED) is 0.567. The summed E-state index contributed by atoms with van der Waals surface area (Å²) in [5, 5.41) is 5.57. The maximum Gasteiger partial charge on any atom is 0.240 e. The van der Waals surface area contributed by atoms with Crippen LogP contribution >= 0.6 is 0 Å². The van der Waals surface area contributed by atoms with E-state index in [1.165, 1.54) is 6.07 Å². The Bertz CT molecular complexity index is 977. The Morgan fingerprint density at radius 3 is 2.86 bits per heavy atom. The lowest BCUT2D eigenvalue weighted by atomic mass is 10.1. The lowest BCUT2D eigenvalue weighted by molar-refractivity contribution is -0.121. The molecule has 1 aromatic heterocycles. The molecule has 0 unspecified atom stereocenters. The minimum atomic E-state index is -3.68. The van der Waals surface area contributed by atoms with Gasteiger partial charge in [-0.05, 0) is 54.7 Å². The highest BCUT2D eigenvalue weighted by atomic mass is 32.2. The highest BCUT2D eigenvalue weighted by molar-refractivity contribution is 7.89. The van der Waals surface area contributed by atoms with Gasteiger partial charge in [0.2, 0.25) is 21.8 Å². The minimum absolute atomic E-state index is 0.0562. The smallest absolute Gasteiger partial charge is 0.240 e. The first kappa shape index (κ1) is 20.9. The van der Waals surface area contributed by atoms with Gasteiger partial charge in [-0.1, -0.05) is 6.07 Å². The summed E-state index contributed by atoms with van der Waals surface area (Å²) in [4.78, 5) is 27.6. The Kier molecular flexibility index (Phi) is 6.95. The van der Waals surface area contributed by atoms with Crippen molar-refractivity contribution in [2.45, 2.75) is 43.5 Å². The van der Waals surface area contributed by atoms with E-state index < -0.39 is 10.0 Å². The summed E-state index contributed by atoms with van der Waals surface area (Å²) in [6.45, 7) is 0.556. The maximum absolute atomic E-state index is 12.5. The SMILES string of the molecule is O=C(CCCNS(=O)(=O)c1ccc2c(c1)CCCC(=O)N2)NCc1cccnc1. The Labute approximate surface area is 170 Å². The third-order valence-electron chi connectivity index (χ3n) is 4.60. The third kappa shape index (κ3) is 6.10. The van der Waals surface area contributed by atoms with E-state index >= 15 is 0 Å². The molecule has 154 valence electrons. The van der Waals surface area contributed by atoms with Crippen LogP contribution in [0.5, 0.6) is 0 Å². The second-order valence-corrected chi connectivity index (χ2v) is 8.63. The third-order valence-corrected chi connectivity index (χ3v) is 6.05. The van der Waals surface area contributed by atoms with Gasteiger partial charge in [-0.3, -0.25) is 14.6 Å². The van der Waals surface area contributed by atoms with Gasteiger partial charge in [0.1, 0.15) is 0 Å². The fourth-order valence-electron chi connectivity index (χ4n) is 3.05. The van der Waals surface area contributed by atoms with E-state index in [0.29, 0.717) is 37.9 Å². The van der Waals surface area contributed by atoms with Crippen molar-refractivity contribution in [3.05, 3.63) is 53.9 Å². The first-order chi connectivity index (χ1) is 13.9. The molecule has 2 amide bonds. The van der Waals surface area contributed by atoms with E-state index in [1.807, 2.05) is 6.07 Å². The number of aromatic nitrogens is 1. The van der Waals surface area contributed by atoms with E-state index in [9.17, 15) is 18.0 Å². The predicted octanol–water partition coefficient (Wildman–Crippen LogP) is 1.73. The highest BCUT2D eigenvalue weighted by Gasteiger charge is 2.18. The molecule has 9 heteroatoms. The van der Waals surface area contributed by atoms with Gasteiger partial charge >= 0.3 is 0 Å². The molecule has 0 aliphatic carbocycles. The first-order valence-electron chi connectivity index (χ1n) is 9.52. The number of carbonyl (C=O) groups excluding carboxylic acids is 2. The van der Waals surface area contributed by atoms with Crippen LogP contribution in [0.2, 0.25) is 0 Å². The topological polar surface area (TPSA) is 117 Å². The van der Waals surface area contributed by atoms with Crippen LogP contribution in [0.1, 0.15) is 36.8 Å². The molecule has 3 N–H and O–H groups in total. The first-order valence-corrected chi connectivity index (χ1v) is 11.0. The van der Waals surface area contributed by atoms with Gasteiger partial charge in [0.05, 0.1) is 4.90 Å². The molecule has 0 atom stereocenters. The Morgan fingerprint density at radius 2 is 2.07 bits per heavy atom. The fourth-order valence-corrected chi connectivity index (χ4v) is 4.17. The molecule has 29 heavy (non-hydrogen) atoms. The van der Waals surface area contributed by atoms with Crippen LogP contribution in [-0.4, -0.2) is 31.8 Å². The van der Waals surface area contributed by atoms with Crippen molar-refractivity contribution in [3.63, 3.8) is 0 Å². The van der Waals surface area contributed by atoms with E-state index in [2.05, 4.69) is 20.3 Å². The van der Waals surface area contributed by atoms with Gasteiger partial charge in [-0.2, -0.15) is 0 Å². The van der Waals surface area contributed by atoms with Gasteiger partial charge in [-0.15, -0.1) is 0 Å². The largest absolute Gasteiger partial charge is 0.352 e.